The molecule has 2 unspecified atom stereocenters. The molecule has 0 spiro atoms. The Morgan fingerprint density at radius 3 is 1.69 bits per heavy atom. The van der Waals surface area contributed by atoms with Crippen LogP contribution in [-0.2, 0) is 29.4 Å². The van der Waals surface area contributed by atoms with E-state index in [0.29, 0.717) is 11.5 Å². The van der Waals surface area contributed by atoms with E-state index in [9.17, 15) is 9.59 Å². The van der Waals surface area contributed by atoms with Crippen LogP contribution in [0.15, 0.2) is 0 Å². The van der Waals surface area contributed by atoms with E-state index in [2.05, 4.69) is 19.9 Å². The van der Waals surface area contributed by atoms with Gasteiger partial charge in [-0.15, -0.1) is 0 Å². The van der Waals surface area contributed by atoms with Gasteiger partial charge in [0, 0.05) is 21.6 Å². The van der Waals surface area contributed by atoms with Crippen LogP contribution in [0.2, 0.25) is 0 Å². The molecule has 0 radical (unpaired) electrons. The van der Waals surface area contributed by atoms with Gasteiger partial charge in [-0.2, -0.15) is 0 Å². The van der Waals surface area contributed by atoms with Gasteiger partial charge in [-0.1, -0.05) is 21.6 Å². The maximum absolute atomic E-state index is 11.0. The SMILES string of the molecule is NC1CSSCC(N)C(=O)OOOOC1=O. The van der Waals surface area contributed by atoms with E-state index in [1.165, 1.54) is 21.6 Å². The lowest BCUT2D eigenvalue weighted by atomic mass is 10.4. The summed E-state index contributed by atoms with van der Waals surface area (Å²) in [5.74, 6) is -1.05. The zero-order valence-corrected chi connectivity index (χ0v) is 9.62. The molecule has 1 aliphatic heterocycles. The van der Waals surface area contributed by atoms with Crippen molar-refractivity contribution in [1.29, 1.82) is 0 Å². The Labute approximate surface area is 98.4 Å². The maximum atomic E-state index is 11.0. The zero-order valence-electron chi connectivity index (χ0n) is 7.99. The van der Waals surface area contributed by atoms with Gasteiger partial charge in [0.05, 0.1) is 0 Å². The Balaban J connectivity index is 2.45. The number of carbonyl (C=O) groups is 2. The summed E-state index contributed by atoms with van der Waals surface area (Å²) in [5, 5.41) is 7.73. The Bertz CT molecular complexity index is 239. The number of nitrogens with two attached hydrogens (primary N) is 2. The highest BCUT2D eigenvalue weighted by Crippen LogP contribution is 2.22. The molecule has 1 rings (SSSR count). The first-order valence-corrected chi connectivity index (χ1v) is 6.61. The predicted molar refractivity (Wildman–Crippen MR) is 55.2 cm³/mol. The summed E-state index contributed by atoms with van der Waals surface area (Å²) >= 11 is 0. The molecule has 16 heavy (non-hydrogen) atoms. The van der Waals surface area contributed by atoms with Gasteiger partial charge in [0.15, 0.2) is 0 Å². The molecule has 1 heterocycles. The van der Waals surface area contributed by atoms with Gasteiger partial charge in [0.2, 0.25) is 0 Å². The molecule has 8 nitrogen and oxygen atoms in total. The second-order valence-electron chi connectivity index (χ2n) is 2.72. The van der Waals surface area contributed by atoms with Gasteiger partial charge in [-0.05, 0) is 0 Å². The molecule has 1 saturated heterocycles. The molecular weight excluding hydrogens is 260 g/mol. The van der Waals surface area contributed by atoms with Crippen LogP contribution in [0.3, 0.4) is 0 Å². The number of hydrogen-bond acceptors (Lipinski definition) is 10. The van der Waals surface area contributed by atoms with Crippen molar-refractivity contribution in [2.24, 2.45) is 11.5 Å². The van der Waals surface area contributed by atoms with Crippen LogP contribution in [0.5, 0.6) is 0 Å². The normalized spacial score (nSPS) is 29.6. The van der Waals surface area contributed by atoms with Crippen molar-refractivity contribution in [3.63, 3.8) is 0 Å². The van der Waals surface area contributed by atoms with Crippen LogP contribution in [0, 0.1) is 0 Å². The maximum Gasteiger partial charge on any atom is 0.363 e. The van der Waals surface area contributed by atoms with Crippen molar-refractivity contribution >= 4 is 33.5 Å². The molecule has 0 aromatic carbocycles. The number of hydrogen-bond donors (Lipinski definition) is 2. The summed E-state index contributed by atoms with van der Waals surface area (Å²) in [6, 6.07) is -1.71. The first kappa shape index (κ1) is 13.5. The zero-order chi connectivity index (χ0) is 12.0. The molecule has 4 N–H and O–H groups in total. The highest BCUT2D eigenvalue weighted by Gasteiger charge is 2.22. The highest BCUT2D eigenvalue weighted by molar-refractivity contribution is 8.76. The lowest BCUT2D eigenvalue weighted by Crippen LogP contribution is -2.37. The third-order valence-corrected chi connectivity index (χ3v) is 3.92. The molecule has 0 saturated carbocycles. The first-order chi connectivity index (χ1) is 7.61. The van der Waals surface area contributed by atoms with Crippen molar-refractivity contribution in [3.8, 4) is 0 Å². The van der Waals surface area contributed by atoms with Gasteiger partial charge in [-0.25, -0.2) is 9.59 Å². The quantitative estimate of drug-likeness (QED) is 0.414. The van der Waals surface area contributed by atoms with Crippen LogP contribution < -0.4 is 11.5 Å². The summed E-state index contributed by atoms with van der Waals surface area (Å²) in [4.78, 5) is 30.2. The smallest absolute Gasteiger partial charge is 0.318 e. The van der Waals surface area contributed by atoms with E-state index in [-0.39, 0.29) is 0 Å². The first-order valence-electron chi connectivity index (χ1n) is 4.12. The van der Waals surface area contributed by atoms with Crippen molar-refractivity contribution in [2.45, 2.75) is 12.1 Å². The highest BCUT2D eigenvalue weighted by atomic mass is 33.1. The average Bonchev–Trinajstić information content (AvgIpc) is 2.27. The van der Waals surface area contributed by atoms with E-state index in [1.54, 1.807) is 0 Å². The number of rotatable bonds is 0. The Morgan fingerprint density at radius 1 is 0.938 bits per heavy atom. The molecule has 0 bridgehead atoms. The van der Waals surface area contributed by atoms with Crippen molar-refractivity contribution < 1.29 is 29.4 Å². The lowest BCUT2D eigenvalue weighted by Gasteiger charge is -2.12. The van der Waals surface area contributed by atoms with Gasteiger partial charge in [-0.3, -0.25) is 9.78 Å². The summed E-state index contributed by atoms with van der Waals surface area (Å²) in [6.45, 7) is 0. The monoisotopic (exact) mass is 270 g/mol. The fourth-order valence-corrected chi connectivity index (χ4v) is 2.81. The third kappa shape index (κ3) is 4.55. The van der Waals surface area contributed by atoms with Crippen molar-refractivity contribution in [2.75, 3.05) is 11.5 Å². The summed E-state index contributed by atoms with van der Waals surface area (Å²) in [6.07, 6.45) is 0. The minimum Gasteiger partial charge on any atom is -0.318 e. The Kier molecular flexibility index (Phi) is 5.87. The lowest BCUT2D eigenvalue weighted by molar-refractivity contribution is -0.600. The second kappa shape index (κ2) is 6.93. The predicted octanol–water partition coefficient (Wildman–Crippen LogP) is -1.10. The summed E-state index contributed by atoms with van der Waals surface area (Å²) in [5.41, 5.74) is 10.9. The van der Waals surface area contributed by atoms with Crippen LogP contribution in [0.1, 0.15) is 0 Å². The molecule has 10 heteroatoms. The van der Waals surface area contributed by atoms with E-state index in [4.69, 9.17) is 11.5 Å². The third-order valence-electron chi connectivity index (χ3n) is 1.44. The second-order valence-corrected chi connectivity index (χ2v) is 5.28. The van der Waals surface area contributed by atoms with Crippen LogP contribution in [0.4, 0.5) is 0 Å². The minimum absolute atomic E-state index is 0.300. The molecule has 92 valence electrons. The van der Waals surface area contributed by atoms with Crippen molar-refractivity contribution in [3.05, 3.63) is 0 Å². The Hall–Kier alpha value is -0.520. The van der Waals surface area contributed by atoms with Crippen LogP contribution >= 0.6 is 21.6 Å². The van der Waals surface area contributed by atoms with Crippen LogP contribution in [0.25, 0.3) is 0 Å². The van der Waals surface area contributed by atoms with E-state index >= 15 is 0 Å². The fourth-order valence-electron chi connectivity index (χ4n) is 0.597. The summed E-state index contributed by atoms with van der Waals surface area (Å²) < 4.78 is 0. The van der Waals surface area contributed by atoms with Gasteiger partial charge in [0.1, 0.15) is 12.1 Å². The Morgan fingerprint density at radius 2 is 1.31 bits per heavy atom. The fraction of sp³-hybridized carbons (Fsp3) is 0.667. The molecule has 0 aliphatic carbocycles. The van der Waals surface area contributed by atoms with E-state index in [1.807, 2.05) is 0 Å². The minimum atomic E-state index is -0.854. The molecule has 2 atom stereocenters. The molecular formula is C6H10N2O6S2. The number of carbonyl (C=O) groups excluding carboxylic acids is 2. The van der Waals surface area contributed by atoms with Gasteiger partial charge < -0.3 is 11.5 Å². The molecule has 1 fully saturated rings. The van der Waals surface area contributed by atoms with Crippen LogP contribution in [-0.4, -0.2) is 35.5 Å². The van der Waals surface area contributed by atoms with E-state index < -0.39 is 24.0 Å². The van der Waals surface area contributed by atoms with Crippen molar-refractivity contribution in [1.82, 2.24) is 0 Å². The van der Waals surface area contributed by atoms with Gasteiger partial charge in [0.25, 0.3) is 0 Å². The topological polar surface area (TPSA) is 123 Å². The largest absolute Gasteiger partial charge is 0.363 e. The van der Waals surface area contributed by atoms with E-state index in [0.717, 1.165) is 0 Å². The molecule has 0 amide bonds. The molecule has 0 aromatic heterocycles. The standard InChI is InChI=1S/C6H10N2O6S2/c7-3-1-15-16-2-4(8)6(10)12-14-13-11-5(3)9/h3-4H,1-2,7-8H2. The van der Waals surface area contributed by atoms with Gasteiger partial charge >= 0.3 is 11.9 Å². The summed E-state index contributed by atoms with van der Waals surface area (Å²) in [7, 11) is 2.58. The molecule has 0 aromatic rings. The molecule has 1 aliphatic rings. The average molecular weight is 270 g/mol.